The van der Waals surface area contributed by atoms with Crippen LogP contribution in [0.5, 0.6) is 5.75 Å². The lowest BCUT2D eigenvalue weighted by Crippen LogP contribution is -2.55. The van der Waals surface area contributed by atoms with Gasteiger partial charge in [0.05, 0.1) is 32.9 Å². The molecular weight excluding hydrogens is 697 g/mol. The molecule has 3 aromatic carbocycles. The van der Waals surface area contributed by atoms with E-state index in [1.807, 2.05) is 72.8 Å². The average Bonchev–Trinajstić information content (AvgIpc) is 3.06. The molecule has 2 N–H and O–H groups in total. The number of amides is 3. The highest BCUT2D eigenvalue weighted by atomic mass is 35.6. The molecule has 0 saturated carbocycles. The summed E-state index contributed by atoms with van der Waals surface area (Å²) in [7, 11) is 1.56. The topological polar surface area (TPSA) is 106 Å². The van der Waals surface area contributed by atoms with E-state index in [1.165, 1.54) is 4.90 Å². The lowest BCUT2D eigenvalue weighted by Gasteiger charge is -2.38. The van der Waals surface area contributed by atoms with Crippen LogP contribution in [0.2, 0.25) is 0 Å². The Balaban J connectivity index is 1.96. The number of carbonyl (C=O) groups is 3. The van der Waals surface area contributed by atoms with Crippen LogP contribution < -0.4 is 15.4 Å². The molecule has 3 amide bonds. The van der Waals surface area contributed by atoms with E-state index in [9.17, 15) is 14.4 Å². The van der Waals surface area contributed by atoms with E-state index in [-0.39, 0.29) is 31.1 Å². The fourth-order valence-corrected chi connectivity index (χ4v) is 5.65. The van der Waals surface area contributed by atoms with Gasteiger partial charge in [0.2, 0.25) is 15.6 Å². The third-order valence-electron chi connectivity index (χ3n) is 6.86. The van der Waals surface area contributed by atoms with Gasteiger partial charge < -0.3 is 24.8 Å². The lowest BCUT2D eigenvalue weighted by atomic mass is 10.0. The lowest BCUT2D eigenvalue weighted by molar-refractivity contribution is -0.132. The van der Waals surface area contributed by atoms with Gasteiger partial charge in [-0.1, -0.05) is 128 Å². The monoisotopic (exact) mass is 737 g/mol. The van der Waals surface area contributed by atoms with Gasteiger partial charge in [-0.3, -0.25) is 14.5 Å². The van der Waals surface area contributed by atoms with Crippen molar-refractivity contribution in [3.05, 3.63) is 102 Å². The van der Waals surface area contributed by atoms with Crippen molar-refractivity contribution in [3.63, 3.8) is 0 Å². The molecule has 0 aliphatic heterocycles. The molecule has 260 valence electrons. The third kappa shape index (κ3) is 14.1. The minimum atomic E-state index is -1.89. The summed E-state index contributed by atoms with van der Waals surface area (Å²) in [5, 5.41) is 5.48. The summed E-state index contributed by atoms with van der Waals surface area (Å²) in [6.45, 7) is 5.50. The summed E-state index contributed by atoms with van der Waals surface area (Å²) in [4.78, 5) is 42.1. The smallest absolute Gasteiger partial charge is 0.411 e. The first-order valence-electron chi connectivity index (χ1n) is 15.3. The molecule has 0 bridgehead atoms. The Hall–Kier alpha value is -3.15. The molecule has 0 heterocycles. The summed E-state index contributed by atoms with van der Waals surface area (Å²) in [6, 6.07) is 24.0. The predicted octanol–water partition coefficient (Wildman–Crippen LogP) is 7.09. The van der Waals surface area contributed by atoms with Crippen LogP contribution in [-0.2, 0) is 32.2 Å². The van der Waals surface area contributed by atoms with Gasteiger partial charge in [-0.2, -0.15) is 11.8 Å². The Morgan fingerprint density at radius 1 is 0.854 bits per heavy atom. The van der Waals surface area contributed by atoms with Crippen LogP contribution in [0.1, 0.15) is 43.5 Å². The molecule has 0 aliphatic rings. The second-order valence-electron chi connectivity index (χ2n) is 11.8. The molecule has 13 heteroatoms. The van der Waals surface area contributed by atoms with Crippen LogP contribution >= 0.6 is 46.6 Å². The van der Waals surface area contributed by atoms with Crippen molar-refractivity contribution in [1.82, 2.24) is 15.5 Å². The number of ether oxygens (including phenoxy) is 3. The number of alkyl halides is 3. The van der Waals surface area contributed by atoms with Gasteiger partial charge >= 0.3 is 6.09 Å². The number of rotatable bonds is 16. The first kappa shape index (κ1) is 39.3. The summed E-state index contributed by atoms with van der Waals surface area (Å²) in [6.07, 6.45) is -0.895. The van der Waals surface area contributed by atoms with E-state index in [1.54, 1.807) is 31.0 Å². The zero-order valence-corrected chi connectivity index (χ0v) is 30.5. The van der Waals surface area contributed by atoms with Crippen molar-refractivity contribution in [3.8, 4) is 5.75 Å². The van der Waals surface area contributed by atoms with Crippen LogP contribution in [0.4, 0.5) is 4.79 Å². The molecule has 0 unspecified atom stereocenters. The van der Waals surface area contributed by atoms with E-state index in [0.29, 0.717) is 17.1 Å². The first-order chi connectivity index (χ1) is 22.8. The van der Waals surface area contributed by atoms with Crippen molar-refractivity contribution < 1.29 is 28.6 Å². The molecule has 0 radical (unpaired) electrons. The van der Waals surface area contributed by atoms with Crippen LogP contribution in [0.25, 0.3) is 0 Å². The maximum atomic E-state index is 14.0. The number of benzene rings is 3. The Morgan fingerprint density at radius 2 is 1.46 bits per heavy atom. The zero-order valence-electron chi connectivity index (χ0n) is 27.4. The second-order valence-corrected chi connectivity index (χ2v) is 16.1. The highest BCUT2D eigenvalue weighted by molar-refractivity contribution is 8.00. The molecular formula is C35H42Cl3N3O6S. The molecule has 3 rings (SSSR count). The van der Waals surface area contributed by atoms with Crippen molar-refractivity contribution >= 4 is 64.5 Å². The summed E-state index contributed by atoms with van der Waals surface area (Å²) in [5.74, 6) is -0.0357. The molecule has 48 heavy (non-hydrogen) atoms. The van der Waals surface area contributed by atoms with E-state index in [0.717, 1.165) is 11.1 Å². The number of hydrogen-bond acceptors (Lipinski definition) is 7. The van der Waals surface area contributed by atoms with Crippen LogP contribution in [0, 0.1) is 0 Å². The molecule has 0 fully saturated rings. The predicted molar refractivity (Wildman–Crippen MR) is 193 cm³/mol. The van der Waals surface area contributed by atoms with Crippen molar-refractivity contribution in [2.24, 2.45) is 0 Å². The van der Waals surface area contributed by atoms with Crippen molar-refractivity contribution in [2.75, 3.05) is 32.6 Å². The number of carbonyl (C=O) groups excluding carboxylic acids is 3. The summed E-state index contributed by atoms with van der Waals surface area (Å²) >= 11 is 19.5. The quantitative estimate of drug-likeness (QED) is 0.151. The number of nitrogens with one attached hydrogen (secondary N) is 2. The third-order valence-corrected chi connectivity index (χ3v) is 8.54. The van der Waals surface area contributed by atoms with E-state index >= 15 is 0 Å². The number of methoxy groups -OCH3 is 1. The number of nitrogens with zero attached hydrogens (tertiary/aromatic N) is 1. The number of hydrogen-bond donors (Lipinski definition) is 2. The Bertz CT molecular complexity index is 1440. The van der Waals surface area contributed by atoms with Gasteiger partial charge in [-0.25, -0.2) is 4.79 Å². The summed E-state index contributed by atoms with van der Waals surface area (Å²) < 4.78 is 14.8. The standard InChI is InChI=1S/C35H42Cl3N3O6S/c1-34(2,3)48-23-30(27-15-17-28(45-4)18-16-27)41(33(44)47-24-35(36,37)38)29(22-46-21-26-13-9-6-10-14-26)32(43)40-20-31(42)39-19-25-11-7-5-8-12-25/h5-18,29-30H,19-24H2,1-4H3,(H,39,42)(H,40,43)/t29-,30+/m0/s1. The molecule has 2 atom stereocenters. The maximum Gasteiger partial charge on any atom is 0.411 e. The largest absolute Gasteiger partial charge is 0.497 e. The average molecular weight is 739 g/mol. The molecule has 3 aromatic rings. The van der Waals surface area contributed by atoms with Gasteiger partial charge in [0, 0.05) is 17.0 Å². The Kier molecular flexibility index (Phi) is 15.7. The van der Waals surface area contributed by atoms with E-state index in [2.05, 4.69) is 31.4 Å². The zero-order chi connectivity index (χ0) is 35.2. The first-order valence-corrected chi connectivity index (χ1v) is 17.4. The van der Waals surface area contributed by atoms with Gasteiger partial charge in [-0.15, -0.1) is 0 Å². The van der Waals surface area contributed by atoms with Gasteiger partial charge in [-0.05, 0) is 28.8 Å². The second kappa shape index (κ2) is 19.1. The van der Waals surface area contributed by atoms with Crippen molar-refractivity contribution in [2.45, 2.75) is 54.5 Å². The molecule has 0 saturated heterocycles. The summed E-state index contributed by atoms with van der Waals surface area (Å²) in [5.41, 5.74) is 2.49. The minimum absolute atomic E-state index is 0.170. The number of thioether (sulfide) groups is 1. The fraction of sp³-hybridized carbons (Fsp3) is 0.400. The van der Waals surface area contributed by atoms with Crippen LogP contribution in [0.15, 0.2) is 84.9 Å². The van der Waals surface area contributed by atoms with Crippen LogP contribution in [0.3, 0.4) is 0 Å². The normalized spacial score (nSPS) is 12.8. The molecule has 0 aromatic heterocycles. The SMILES string of the molecule is COc1ccc([C@@H](CSC(C)(C)C)N(C(=O)OCC(Cl)(Cl)Cl)[C@@H](COCc2ccccc2)C(=O)NCC(=O)NCc2ccccc2)cc1. The number of halogens is 3. The van der Waals surface area contributed by atoms with Crippen molar-refractivity contribution in [1.29, 1.82) is 0 Å². The molecule has 0 spiro atoms. The van der Waals surface area contributed by atoms with Gasteiger partial charge in [0.25, 0.3) is 0 Å². The maximum absolute atomic E-state index is 14.0. The highest BCUT2D eigenvalue weighted by Crippen LogP contribution is 2.35. The Labute approximate surface area is 301 Å². The van der Waals surface area contributed by atoms with Gasteiger partial charge in [0.15, 0.2) is 0 Å². The molecule has 9 nitrogen and oxygen atoms in total. The van der Waals surface area contributed by atoms with E-state index < -0.39 is 40.4 Å². The highest BCUT2D eigenvalue weighted by Gasteiger charge is 2.39. The molecule has 0 aliphatic carbocycles. The van der Waals surface area contributed by atoms with Gasteiger partial charge in [0.1, 0.15) is 18.4 Å². The van der Waals surface area contributed by atoms with E-state index in [4.69, 9.17) is 49.0 Å². The minimum Gasteiger partial charge on any atom is -0.497 e. The Morgan fingerprint density at radius 3 is 2.02 bits per heavy atom. The fourth-order valence-electron chi connectivity index (χ4n) is 4.47. The van der Waals surface area contributed by atoms with Crippen LogP contribution in [-0.4, -0.2) is 70.0 Å².